The number of benzene rings is 1. The van der Waals surface area contributed by atoms with E-state index in [0.29, 0.717) is 6.04 Å². The Morgan fingerprint density at radius 1 is 1.48 bits per heavy atom. The quantitative estimate of drug-likeness (QED) is 0.851. The summed E-state index contributed by atoms with van der Waals surface area (Å²) in [4.78, 5) is 4.97. The Morgan fingerprint density at radius 2 is 2.24 bits per heavy atom. The summed E-state index contributed by atoms with van der Waals surface area (Å²) < 4.78 is 1.17. The molecule has 2 N–H and O–H groups in total. The minimum atomic E-state index is 0.196. The third kappa shape index (κ3) is 4.44. The Labute approximate surface area is 137 Å². The van der Waals surface area contributed by atoms with Crippen molar-refractivity contribution < 1.29 is 0 Å². The zero-order chi connectivity index (χ0) is 15.4. The Balaban J connectivity index is 2.02. The normalized spacial score (nSPS) is 20.7. The number of hydrogen-bond acceptors (Lipinski definition) is 3. The minimum Gasteiger partial charge on any atom is -0.373 e. The summed E-state index contributed by atoms with van der Waals surface area (Å²) in [6, 6.07) is 7.53. The molecular formula is C17H28BrN3. The molecule has 0 spiro atoms. The van der Waals surface area contributed by atoms with Gasteiger partial charge in [-0.3, -0.25) is 4.90 Å². The van der Waals surface area contributed by atoms with E-state index in [9.17, 15) is 0 Å². The zero-order valence-electron chi connectivity index (χ0n) is 13.5. The molecule has 2 rings (SSSR count). The van der Waals surface area contributed by atoms with Gasteiger partial charge in [-0.15, -0.1) is 0 Å². The third-order valence-electron chi connectivity index (χ3n) is 4.41. The molecule has 1 aromatic carbocycles. The van der Waals surface area contributed by atoms with Gasteiger partial charge in [0.25, 0.3) is 0 Å². The summed E-state index contributed by atoms with van der Waals surface area (Å²) in [6.07, 6.45) is 3.57. The lowest BCUT2D eigenvalue weighted by Gasteiger charge is -2.29. The average molecular weight is 354 g/mol. The molecule has 1 aromatic rings. The lowest BCUT2D eigenvalue weighted by Crippen LogP contribution is -2.38. The van der Waals surface area contributed by atoms with E-state index in [2.05, 4.69) is 57.9 Å². The monoisotopic (exact) mass is 353 g/mol. The Kier molecular flexibility index (Phi) is 6.08. The summed E-state index contributed by atoms with van der Waals surface area (Å²) in [5.41, 5.74) is 8.46. The van der Waals surface area contributed by atoms with E-state index in [-0.39, 0.29) is 6.04 Å². The summed E-state index contributed by atoms with van der Waals surface area (Å²) in [5.74, 6) is 0. The first kappa shape index (κ1) is 16.8. The van der Waals surface area contributed by atoms with Crippen LogP contribution in [0.5, 0.6) is 0 Å². The Hall–Kier alpha value is -0.580. The van der Waals surface area contributed by atoms with Crippen LogP contribution in [-0.2, 0) is 6.42 Å². The van der Waals surface area contributed by atoms with Crippen molar-refractivity contribution in [1.82, 2.24) is 4.90 Å². The molecular weight excluding hydrogens is 326 g/mol. The van der Waals surface area contributed by atoms with Gasteiger partial charge in [0, 0.05) is 35.8 Å². The first-order chi connectivity index (χ1) is 10.0. The fourth-order valence-electron chi connectivity index (χ4n) is 3.23. The van der Waals surface area contributed by atoms with E-state index < -0.39 is 0 Å². The molecule has 4 heteroatoms. The molecule has 1 heterocycles. The van der Waals surface area contributed by atoms with E-state index >= 15 is 0 Å². The summed E-state index contributed by atoms with van der Waals surface area (Å²) in [6.45, 7) is 7.83. The maximum atomic E-state index is 5.89. The maximum absolute atomic E-state index is 5.89. The molecule has 0 aromatic heterocycles. The van der Waals surface area contributed by atoms with Crippen molar-refractivity contribution in [3.63, 3.8) is 0 Å². The van der Waals surface area contributed by atoms with Gasteiger partial charge in [0.15, 0.2) is 0 Å². The van der Waals surface area contributed by atoms with Crippen molar-refractivity contribution in [3.05, 3.63) is 28.2 Å². The van der Waals surface area contributed by atoms with Gasteiger partial charge in [-0.25, -0.2) is 0 Å². The molecule has 2 atom stereocenters. The van der Waals surface area contributed by atoms with Crippen molar-refractivity contribution in [2.24, 2.45) is 5.73 Å². The van der Waals surface area contributed by atoms with Crippen LogP contribution in [0.1, 0.15) is 32.3 Å². The number of nitrogens with zero attached hydrogens (tertiary/aromatic N) is 2. The second kappa shape index (κ2) is 7.61. The fraction of sp³-hybridized carbons (Fsp3) is 0.647. The smallest absolute Gasteiger partial charge is 0.0375 e. The molecule has 1 fully saturated rings. The van der Waals surface area contributed by atoms with Crippen LogP contribution < -0.4 is 10.6 Å². The van der Waals surface area contributed by atoms with E-state index in [0.717, 1.165) is 19.5 Å². The van der Waals surface area contributed by atoms with Crippen LogP contribution in [-0.4, -0.2) is 43.7 Å². The van der Waals surface area contributed by atoms with Gasteiger partial charge >= 0.3 is 0 Å². The summed E-state index contributed by atoms with van der Waals surface area (Å²) in [7, 11) is 2.19. The van der Waals surface area contributed by atoms with Crippen molar-refractivity contribution in [1.29, 1.82) is 0 Å². The topological polar surface area (TPSA) is 32.5 Å². The number of anilines is 1. The first-order valence-corrected chi connectivity index (χ1v) is 8.79. The summed E-state index contributed by atoms with van der Waals surface area (Å²) in [5, 5.41) is 0. The van der Waals surface area contributed by atoms with E-state index in [1.54, 1.807) is 0 Å². The predicted octanol–water partition coefficient (Wildman–Crippen LogP) is 3.26. The van der Waals surface area contributed by atoms with E-state index in [1.807, 2.05) is 6.92 Å². The standard InChI is InChI=1S/C17H28BrN3/c1-4-21-9-5-6-16(21)12-20(3)15-8-7-14(10-13(2)19)17(18)11-15/h7-8,11,13,16H,4-6,9-10,12,19H2,1-3H3. The van der Waals surface area contributed by atoms with Crippen molar-refractivity contribution in [2.45, 2.75) is 45.2 Å². The number of nitrogens with two attached hydrogens (primary N) is 1. The zero-order valence-corrected chi connectivity index (χ0v) is 15.1. The lowest BCUT2D eigenvalue weighted by molar-refractivity contribution is 0.270. The van der Waals surface area contributed by atoms with Crippen LogP contribution in [0.25, 0.3) is 0 Å². The van der Waals surface area contributed by atoms with Crippen LogP contribution in [0, 0.1) is 0 Å². The highest BCUT2D eigenvalue weighted by molar-refractivity contribution is 9.10. The van der Waals surface area contributed by atoms with Crippen LogP contribution in [0.3, 0.4) is 0 Å². The third-order valence-corrected chi connectivity index (χ3v) is 5.15. The molecule has 2 unspecified atom stereocenters. The summed E-state index contributed by atoms with van der Waals surface area (Å²) >= 11 is 3.69. The number of rotatable bonds is 6. The average Bonchev–Trinajstić information content (AvgIpc) is 2.87. The second-order valence-electron chi connectivity index (χ2n) is 6.26. The van der Waals surface area contributed by atoms with Crippen LogP contribution in [0.4, 0.5) is 5.69 Å². The van der Waals surface area contributed by atoms with E-state index in [1.165, 1.54) is 35.1 Å². The van der Waals surface area contributed by atoms with Crippen LogP contribution >= 0.6 is 15.9 Å². The van der Waals surface area contributed by atoms with Crippen molar-refractivity contribution >= 4 is 21.6 Å². The van der Waals surface area contributed by atoms with Gasteiger partial charge in [-0.2, -0.15) is 0 Å². The highest BCUT2D eigenvalue weighted by Crippen LogP contribution is 2.26. The highest BCUT2D eigenvalue weighted by atomic mass is 79.9. The molecule has 0 radical (unpaired) electrons. The molecule has 3 nitrogen and oxygen atoms in total. The number of halogens is 1. The SMILES string of the molecule is CCN1CCCC1CN(C)c1ccc(CC(C)N)c(Br)c1. The first-order valence-electron chi connectivity index (χ1n) is 8.00. The highest BCUT2D eigenvalue weighted by Gasteiger charge is 2.24. The largest absolute Gasteiger partial charge is 0.373 e. The molecule has 1 saturated heterocycles. The number of likely N-dealkylation sites (tertiary alicyclic amines) is 1. The molecule has 21 heavy (non-hydrogen) atoms. The van der Waals surface area contributed by atoms with Crippen molar-refractivity contribution in [2.75, 3.05) is 31.6 Å². The van der Waals surface area contributed by atoms with E-state index in [4.69, 9.17) is 5.73 Å². The van der Waals surface area contributed by atoms with Crippen LogP contribution in [0.2, 0.25) is 0 Å². The predicted molar refractivity (Wildman–Crippen MR) is 95.0 cm³/mol. The molecule has 0 saturated carbocycles. The van der Waals surface area contributed by atoms with Gasteiger partial charge in [0.05, 0.1) is 0 Å². The molecule has 118 valence electrons. The van der Waals surface area contributed by atoms with Gasteiger partial charge in [0.2, 0.25) is 0 Å². The molecule has 1 aliphatic rings. The Bertz CT molecular complexity index is 461. The molecule has 0 bridgehead atoms. The van der Waals surface area contributed by atoms with Gasteiger partial charge in [0.1, 0.15) is 0 Å². The van der Waals surface area contributed by atoms with Gasteiger partial charge in [-0.1, -0.05) is 28.9 Å². The van der Waals surface area contributed by atoms with Crippen LogP contribution in [0.15, 0.2) is 22.7 Å². The lowest BCUT2D eigenvalue weighted by atomic mass is 10.1. The van der Waals surface area contributed by atoms with Gasteiger partial charge in [-0.05, 0) is 57.0 Å². The number of hydrogen-bond donors (Lipinski definition) is 1. The fourth-order valence-corrected chi connectivity index (χ4v) is 3.75. The number of likely N-dealkylation sites (N-methyl/N-ethyl adjacent to an activating group) is 2. The maximum Gasteiger partial charge on any atom is 0.0375 e. The Morgan fingerprint density at radius 3 is 2.86 bits per heavy atom. The minimum absolute atomic E-state index is 0.196. The molecule has 1 aliphatic heterocycles. The second-order valence-corrected chi connectivity index (χ2v) is 7.12. The van der Waals surface area contributed by atoms with Gasteiger partial charge < -0.3 is 10.6 Å². The molecule has 0 amide bonds. The molecule has 0 aliphatic carbocycles. The van der Waals surface area contributed by atoms with Crippen molar-refractivity contribution in [3.8, 4) is 0 Å².